The quantitative estimate of drug-likeness (QED) is 0.833. The van der Waals surface area contributed by atoms with E-state index in [1.807, 2.05) is 25.3 Å². The summed E-state index contributed by atoms with van der Waals surface area (Å²) in [6.45, 7) is 7.03. The Morgan fingerprint density at radius 3 is 2.79 bits per heavy atom. The van der Waals surface area contributed by atoms with Crippen LogP contribution in [0.1, 0.15) is 35.6 Å². The van der Waals surface area contributed by atoms with E-state index in [0.717, 1.165) is 67.7 Å². The van der Waals surface area contributed by atoms with Crippen molar-refractivity contribution >= 4 is 17.2 Å². The Bertz CT molecular complexity index is 945. The van der Waals surface area contributed by atoms with E-state index in [-0.39, 0.29) is 6.10 Å². The summed E-state index contributed by atoms with van der Waals surface area (Å²) in [5.41, 5.74) is 4.68. The zero-order valence-electron chi connectivity index (χ0n) is 15.9. The number of hydrogen-bond acceptors (Lipinski definition) is 7. The molecular weight excluding hydrogens is 354 g/mol. The normalized spacial score (nSPS) is 21.3. The summed E-state index contributed by atoms with van der Waals surface area (Å²) in [5.74, 6) is 1.84. The van der Waals surface area contributed by atoms with Crippen LogP contribution in [-0.2, 0) is 4.74 Å². The van der Waals surface area contributed by atoms with Gasteiger partial charge in [-0.1, -0.05) is 0 Å². The van der Waals surface area contributed by atoms with Crippen molar-refractivity contribution in [2.75, 3.05) is 49.6 Å². The second-order valence-corrected chi connectivity index (χ2v) is 7.49. The van der Waals surface area contributed by atoms with Gasteiger partial charge in [0.25, 0.3) is 0 Å². The second kappa shape index (κ2) is 6.97. The number of anilines is 3. The maximum atomic E-state index is 9.73. The highest BCUT2D eigenvalue weighted by atomic mass is 16.5. The van der Waals surface area contributed by atoms with Crippen molar-refractivity contribution in [3.63, 3.8) is 0 Å². The van der Waals surface area contributed by atoms with Crippen molar-refractivity contribution in [2.24, 2.45) is 0 Å². The number of rotatable bonds is 2. The van der Waals surface area contributed by atoms with Crippen LogP contribution in [-0.4, -0.2) is 44.4 Å². The molecule has 4 heterocycles. The zero-order chi connectivity index (χ0) is 19.1. The van der Waals surface area contributed by atoms with E-state index < -0.39 is 0 Å². The molecule has 0 amide bonds. The minimum atomic E-state index is -0.224. The number of pyridine rings is 1. The highest BCUT2D eigenvalue weighted by molar-refractivity contribution is 5.76. The minimum Gasteiger partial charge on any atom is -0.482 e. The van der Waals surface area contributed by atoms with Gasteiger partial charge in [0, 0.05) is 44.0 Å². The van der Waals surface area contributed by atoms with Gasteiger partial charge in [0.2, 0.25) is 0 Å². The van der Waals surface area contributed by atoms with Gasteiger partial charge >= 0.3 is 0 Å². The Hall–Kier alpha value is -2.82. The molecule has 0 saturated carbocycles. The predicted molar refractivity (Wildman–Crippen MR) is 106 cm³/mol. The van der Waals surface area contributed by atoms with Gasteiger partial charge in [-0.2, -0.15) is 5.26 Å². The highest BCUT2D eigenvalue weighted by Crippen LogP contribution is 2.44. The third-order valence-electron chi connectivity index (χ3n) is 5.76. The van der Waals surface area contributed by atoms with Crippen molar-refractivity contribution in [1.29, 1.82) is 5.26 Å². The summed E-state index contributed by atoms with van der Waals surface area (Å²) in [6.07, 6.45) is 1.61. The second-order valence-electron chi connectivity index (χ2n) is 7.49. The molecule has 3 aliphatic rings. The van der Waals surface area contributed by atoms with Crippen molar-refractivity contribution in [1.82, 2.24) is 10.3 Å². The molecule has 2 aromatic rings. The van der Waals surface area contributed by atoms with Crippen molar-refractivity contribution in [3.8, 4) is 11.8 Å². The molecule has 0 unspecified atom stereocenters. The molecule has 0 spiro atoms. The summed E-state index contributed by atoms with van der Waals surface area (Å²) < 4.78 is 11.8. The molecule has 5 rings (SSSR count). The zero-order valence-corrected chi connectivity index (χ0v) is 15.9. The molecule has 0 aliphatic carbocycles. The lowest BCUT2D eigenvalue weighted by atomic mass is 9.91. The van der Waals surface area contributed by atoms with E-state index in [9.17, 15) is 5.26 Å². The maximum Gasteiger partial charge on any atom is 0.161 e. The fourth-order valence-corrected chi connectivity index (χ4v) is 4.12. The van der Waals surface area contributed by atoms with Gasteiger partial charge in [-0.25, -0.2) is 4.98 Å². The summed E-state index contributed by atoms with van der Waals surface area (Å²) in [6, 6.07) is 8.43. The van der Waals surface area contributed by atoms with Crippen LogP contribution in [0.5, 0.6) is 5.75 Å². The van der Waals surface area contributed by atoms with E-state index in [2.05, 4.69) is 32.7 Å². The topological polar surface area (TPSA) is 82.4 Å². The molecule has 2 fully saturated rings. The first-order valence-electron chi connectivity index (χ1n) is 9.78. The molecule has 1 atom stereocenters. The Morgan fingerprint density at radius 1 is 1.25 bits per heavy atom. The molecule has 1 aromatic carbocycles. The van der Waals surface area contributed by atoms with E-state index >= 15 is 0 Å². The van der Waals surface area contributed by atoms with Crippen LogP contribution in [0.15, 0.2) is 24.4 Å². The number of nitriles is 1. The average molecular weight is 377 g/mol. The molecule has 28 heavy (non-hydrogen) atoms. The standard InChI is InChI=1S/C21H23N5O2/c1-13-19-18(26-4-6-27-7-5-26)2-3-24-21(19)25-17-9-14(16-11-23-12-16)8-15(10-22)20(17)28-13/h2-3,8-9,13,16,23H,4-7,11-12H2,1H3,(H,24,25)/t13-/m1/s1. The number of benzene rings is 1. The van der Waals surface area contributed by atoms with Crippen LogP contribution in [0, 0.1) is 11.3 Å². The third kappa shape index (κ3) is 2.86. The lowest BCUT2D eigenvalue weighted by molar-refractivity contribution is 0.122. The monoisotopic (exact) mass is 377 g/mol. The van der Waals surface area contributed by atoms with Crippen molar-refractivity contribution in [3.05, 3.63) is 41.1 Å². The highest BCUT2D eigenvalue weighted by Gasteiger charge is 2.30. The molecule has 3 aliphatic heterocycles. The van der Waals surface area contributed by atoms with Gasteiger partial charge in [-0.05, 0) is 30.7 Å². The van der Waals surface area contributed by atoms with Gasteiger partial charge in [0.05, 0.1) is 30.0 Å². The largest absolute Gasteiger partial charge is 0.482 e. The van der Waals surface area contributed by atoms with Crippen LogP contribution in [0.25, 0.3) is 0 Å². The van der Waals surface area contributed by atoms with Crippen LogP contribution in [0.2, 0.25) is 0 Å². The van der Waals surface area contributed by atoms with E-state index in [0.29, 0.717) is 17.2 Å². The fourth-order valence-electron chi connectivity index (χ4n) is 4.12. The van der Waals surface area contributed by atoms with Crippen LogP contribution >= 0.6 is 0 Å². The molecule has 144 valence electrons. The molecule has 2 N–H and O–H groups in total. The molecule has 7 nitrogen and oxygen atoms in total. The number of fused-ring (bicyclic) bond motifs is 2. The number of ether oxygens (including phenoxy) is 2. The molecule has 7 heteroatoms. The summed E-state index contributed by atoms with van der Waals surface area (Å²) in [4.78, 5) is 6.92. The van der Waals surface area contributed by atoms with Crippen LogP contribution < -0.4 is 20.3 Å². The number of aromatic nitrogens is 1. The first-order valence-corrected chi connectivity index (χ1v) is 9.78. The van der Waals surface area contributed by atoms with E-state index in [1.54, 1.807) is 0 Å². The summed E-state index contributed by atoms with van der Waals surface area (Å²) in [7, 11) is 0. The van der Waals surface area contributed by atoms with E-state index in [1.165, 1.54) is 0 Å². The number of nitrogens with zero attached hydrogens (tertiary/aromatic N) is 3. The molecule has 0 radical (unpaired) electrons. The first-order chi connectivity index (χ1) is 13.7. The van der Waals surface area contributed by atoms with Gasteiger partial charge in [-0.3, -0.25) is 0 Å². The van der Waals surface area contributed by atoms with Gasteiger partial charge in [0.15, 0.2) is 5.75 Å². The molecule has 2 saturated heterocycles. The Kier molecular flexibility index (Phi) is 4.30. The first kappa shape index (κ1) is 17.3. The smallest absolute Gasteiger partial charge is 0.161 e. The Morgan fingerprint density at radius 2 is 2.07 bits per heavy atom. The number of hydrogen-bond donors (Lipinski definition) is 2. The summed E-state index contributed by atoms with van der Waals surface area (Å²) in [5, 5.41) is 16.5. The third-order valence-corrected chi connectivity index (χ3v) is 5.76. The van der Waals surface area contributed by atoms with Crippen molar-refractivity contribution in [2.45, 2.75) is 18.9 Å². The maximum absolute atomic E-state index is 9.73. The molecule has 0 bridgehead atoms. The predicted octanol–water partition coefficient (Wildman–Crippen LogP) is 2.67. The summed E-state index contributed by atoms with van der Waals surface area (Å²) >= 11 is 0. The van der Waals surface area contributed by atoms with Gasteiger partial charge in [-0.15, -0.1) is 0 Å². The minimum absolute atomic E-state index is 0.224. The van der Waals surface area contributed by atoms with E-state index in [4.69, 9.17) is 9.47 Å². The lowest BCUT2D eigenvalue weighted by Crippen LogP contribution is -2.39. The number of morpholine rings is 1. The molecule has 1 aromatic heterocycles. The number of nitrogens with one attached hydrogen (secondary N) is 2. The van der Waals surface area contributed by atoms with Crippen LogP contribution in [0.3, 0.4) is 0 Å². The van der Waals surface area contributed by atoms with Gasteiger partial charge in [0.1, 0.15) is 18.0 Å². The Balaban J connectivity index is 1.59. The average Bonchev–Trinajstić information content (AvgIpc) is 2.82. The van der Waals surface area contributed by atoms with Crippen molar-refractivity contribution < 1.29 is 9.47 Å². The SMILES string of the molecule is C[C@H]1Oc2c(C#N)cc(C3CNC3)cc2Nc2nccc(N3CCOCC3)c21. The fraction of sp³-hybridized carbons (Fsp3) is 0.429. The lowest BCUT2D eigenvalue weighted by Gasteiger charge is -2.31. The van der Waals surface area contributed by atoms with Gasteiger partial charge < -0.3 is 25.0 Å². The van der Waals surface area contributed by atoms with Crippen LogP contribution in [0.4, 0.5) is 17.2 Å². The molecular formula is C21H23N5O2. The Labute approximate surface area is 164 Å².